The van der Waals surface area contributed by atoms with Gasteiger partial charge in [0.1, 0.15) is 6.54 Å². The number of rotatable bonds is 1. The molecular formula is C5H3Cl2N3. The van der Waals surface area contributed by atoms with E-state index >= 15 is 0 Å². The highest BCUT2D eigenvalue weighted by Crippen LogP contribution is 2.08. The lowest BCUT2D eigenvalue weighted by Crippen LogP contribution is -1.97. The highest BCUT2D eigenvalue weighted by atomic mass is 35.5. The van der Waals surface area contributed by atoms with Gasteiger partial charge in [-0.3, -0.25) is 0 Å². The van der Waals surface area contributed by atoms with Gasteiger partial charge in [-0.15, -0.1) is 11.5 Å². The van der Waals surface area contributed by atoms with Gasteiger partial charge in [0, 0.05) is 0 Å². The van der Waals surface area contributed by atoms with Gasteiger partial charge < -0.3 is 0 Å². The third-order valence-electron chi connectivity index (χ3n) is 0.842. The van der Waals surface area contributed by atoms with Crippen LogP contribution in [-0.4, -0.2) is 14.8 Å². The van der Waals surface area contributed by atoms with E-state index in [0.717, 1.165) is 0 Å². The molecular weight excluding hydrogens is 173 g/mol. The van der Waals surface area contributed by atoms with Crippen molar-refractivity contribution in [1.29, 1.82) is 0 Å². The minimum Gasteiger partial charge on any atom is -0.223 e. The molecule has 0 fully saturated rings. The Morgan fingerprint density at radius 2 is 2.30 bits per heavy atom. The smallest absolute Gasteiger partial charge is 0.223 e. The van der Waals surface area contributed by atoms with Crippen molar-refractivity contribution in [1.82, 2.24) is 14.8 Å². The lowest BCUT2D eigenvalue weighted by Gasteiger charge is -1.90. The molecule has 1 heterocycles. The third kappa shape index (κ3) is 1.41. The van der Waals surface area contributed by atoms with E-state index in [2.05, 4.69) is 16.0 Å². The average molecular weight is 176 g/mol. The van der Waals surface area contributed by atoms with Crippen LogP contribution in [0.25, 0.3) is 0 Å². The van der Waals surface area contributed by atoms with Crippen molar-refractivity contribution in [3.63, 3.8) is 0 Å². The summed E-state index contributed by atoms with van der Waals surface area (Å²) in [5.41, 5.74) is 0. The standard InChI is InChI=1S/C5H3Cl2N3/c1-2-3-10-5(7)8-4(6)9-10/h1H,3H2. The molecule has 0 atom stereocenters. The van der Waals surface area contributed by atoms with Crippen LogP contribution in [0.1, 0.15) is 0 Å². The van der Waals surface area contributed by atoms with E-state index in [0.29, 0.717) is 6.54 Å². The van der Waals surface area contributed by atoms with Crippen molar-refractivity contribution in [2.45, 2.75) is 6.54 Å². The van der Waals surface area contributed by atoms with Crippen molar-refractivity contribution in [3.05, 3.63) is 10.6 Å². The molecule has 0 N–H and O–H groups in total. The molecule has 0 saturated heterocycles. The Kier molecular flexibility index (Phi) is 2.15. The molecule has 0 aliphatic carbocycles. The van der Waals surface area contributed by atoms with Crippen LogP contribution in [0, 0.1) is 12.3 Å². The van der Waals surface area contributed by atoms with E-state index in [1.807, 2.05) is 0 Å². The number of nitrogens with zero attached hydrogens (tertiary/aromatic N) is 3. The van der Waals surface area contributed by atoms with Crippen LogP contribution in [-0.2, 0) is 6.54 Å². The zero-order valence-corrected chi connectivity index (χ0v) is 6.39. The molecule has 1 aromatic rings. The first-order valence-corrected chi connectivity index (χ1v) is 3.19. The maximum absolute atomic E-state index is 5.53. The molecule has 0 aliphatic rings. The molecule has 5 heteroatoms. The van der Waals surface area contributed by atoms with Crippen LogP contribution >= 0.6 is 23.2 Å². The predicted molar refractivity (Wildman–Crippen MR) is 38.9 cm³/mol. The summed E-state index contributed by atoms with van der Waals surface area (Å²) in [5, 5.41) is 4.02. The van der Waals surface area contributed by atoms with Gasteiger partial charge in [0.25, 0.3) is 0 Å². The second-order valence-corrected chi connectivity index (χ2v) is 2.19. The zero-order chi connectivity index (χ0) is 7.56. The maximum atomic E-state index is 5.53. The Bertz CT molecular complexity index is 273. The molecule has 1 aromatic heterocycles. The monoisotopic (exact) mass is 175 g/mol. The molecule has 0 aliphatic heterocycles. The molecule has 0 spiro atoms. The fraction of sp³-hybridized carbons (Fsp3) is 0.200. The van der Waals surface area contributed by atoms with Crippen LogP contribution in [0.5, 0.6) is 0 Å². The van der Waals surface area contributed by atoms with Crippen LogP contribution < -0.4 is 0 Å². The number of halogens is 2. The highest BCUT2D eigenvalue weighted by molar-refractivity contribution is 6.31. The molecule has 52 valence electrons. The summed E-state index contributed by atoms with van der Waals surface area (Å²) in [6, 6.07) is 0. The minimum atomic E-state index is 0.111. The molecule has 0 bridgehead atoms. The van der Waals surface area contributed by atoms with E-state index in [1.54, 1.807) is 0 Å². The van der Waals surface area contributed by atoms with Crippen molar-refractivity contribution in [2.75, 3.05) is 0 Å². The molecule has 0 saturated carbocycles. The Hall–Kier alpha value is -0.720. The maximum Gasteiger partial charge on any atom is 0.243 e. The fourth-order valence-electron chi connectivity index (χ4n) is 0.484. The number of hydrogen-bond donors (Lipinski definition) is 0. The Morgan fingerprint density at radius 3 is 2.70 bits per heavy atom. The summed E-state index contributed by atoms with van der Waals surface area (Å²) >= 11 is 10.9. The fourth-order valence-corrected chi connectivity index (χ4v) is 0.876. The summed E-state index contributed by atoms with van der Waals surface area (Å²) in [4.78, 5) is 3.62. The van der Waals surface area contributed by atoms with Crippen LogP contribution in [0.4, 0.5) is 0 Å². The zero-order valence-electron chi connectivity index (χ0n) is 4.88. The quantitative estimate of drug-likeness (QED) is 0.602. The Labute approximate surface area is 68.0 Å². The van der Waals surface area contributed by atoms with E-state index in [1.165, 1.54) is 4.68 Å². The Balaban J connectivity index is 2.94. The molecule has 10 heavy (non-hydrogen) atoms. The van der Waals surface area contributed by atoms with Gasteiger partial charge in [0.2, 0.25) is 10.6 Å². The van der Waals surface area contributed by atoms with Gasteiger partial charge in [-0.25, -0.2) is 4.68 Å². The molecule has 0 aromatic carbocycles. The largest absolute Gasteiger partial charge is 0.243 e. The second-order valence-electron chi connectivity index (χ2n) is 1.51. The highest BCUT2D eigenvalue weighted by Gasteiger charge is 2.02. The lowest BCUT2D eigenvalue weighted by atomic mass is 10.7. The van der Waals surface area contributed by atoms with Gasteiger partial charge in [0.05, 0.1) is 0 Å². The number of terminal acetylenes is 1. The molecule has 1 rings (SSSR count). The van der Waals surface area contributed by atoms with E-state index in [-0.39, 0.29) is 10.6 Å². The van der Waals surface area contributed by atoms with Crippen LogP contribution in [0.2, 0.25) is 10.6 Å². The van der Waals surface area contributed by atoms with Gasteiger partial charge in [0.15, 0.2) is 0 Å². The Morgan fingerprint density at radius 1 is 1.60 bits per heavy atom. The second kappa shape index (κ2) is 2.91. The predicted octanol–water partition coefficient (Wildman–Crippen LogP) is 1.22. The van der Waals surface area contributed by atoms with E-state index in [4.69, 9.17) is 29.6 Å². The summed E-state index contributed by atoms with van der Waals surface area (Å²) in [5.74, 6) is 2.36. The first-order chi connectivity index (χ1) is 4.74. The number of aromatic nitrogens is 3. The van der Waals surface area contributed by atoms with Gasteiger partial charge in [-0.2, -0.15) is 4.98 Å². The van der Waals surface area contributed by atoms with Gasteiger partial charge in [-0.1, -0.05) is 5.92 Å². The third-order valence-corrected chi connectivity index (χ3v) is 1.28. The van der Waals surface area contributed by atoms with Crippen molar-refractivity contribution < 1.29 is 0 Å². The van der Waals surface area contributed by atoms with E-state index in [9.17, 15) is 0 Å². The normalized spacial score (nSPS) is 9.30. The summed E-state index contributed by atoms with van der Waals surface area (Å²) in [6.45, 7) is 0.290. The lowest BCUT2D eigenvalue weighted by molar-refractivity contribution is 0.715. The van der Waals surface area contributed by atoms with Gasteiger partial charge in [-0.05, 0) is 23.2 Å². The molecule has 0 radical (unpaired) electrons. The summed E-state index contributed by atoms with van der Waals surface area (Å²) in [7, 11) is 0. The van der Waals surface area contributed by atoms with Gasteiger partial charge >= 0.3 is 0 Å². The summed E-state index contributed by atoms with van der Waals surface area (Å²) < 4.78 is 1.34. The molecule has 0 amide bonds. The SMILES string of the molecule is C#CCn1nc(Cl)nc1Cl. The first-order valence-electron chi connectivity index (χ1n) is 2.43. The van der Waals surface area contributed by atoms with Crippen molar-refractivity contribution in [3.8, 4) is 12.3 Å². The molecule has 3 nitrogen and oxygen atoms in total. The first kappa shape index (κ1) is 7.39. The molecule has 0 unspecified atom stereocenters. The van der Waals surface area contributed by atoms with Crippen molar-refractivity contribution >= 4 is 23.2 Å². The minimum absolute atomic E-state index is 0.111. The van der Waals surface area contributed by atoms with Crippen LogP contribution in [0.3, 0.4) is 0 Å². The van der Waals surface area contributed by atoms with Crippen molar-refractivity contribution in [2.24, 2.45) is 0 Å². The van der Waals surface area contributed by atoms with E-state index < -0.39 is 0 Å². The number of hydrogen-bond acceptors (Lipinski definition) is 2. The van der Waals surface area contributed by atoms with Crippen LogP contribution in [0.15, 0.2) is 0 Å². The summed E-state index contributed by atoms with van der Waals surface area (Å²) in [6.07, 6.45) is 5.00. The average Bonchev–Trinajstić information content (AvgIpc) is 2.13. The topological polar surface area (TPSA) is 30.7 Å².